The summed E-state index contributed by atoms with van der Waals surface area (Å²) in [5.74, 6) is 0.983. The van der Waals surface area contributed by atoms with Crippen LogP contribution in [0.5, 0.6) is 5.75 Å². The maximum absolute atomic E-state index is 5.44. The van der Waals surface area contributed by atoms with Gasteiger partial charge in [-0.05, 0) is 18.6 Å². The Balaban J connectivity index is 2.49. The number of benzene rings is 1. The van der Waals surface area contributed by atoms with Crippen LogP contribution in [-0.4, -0.2) is 13.2 Å². The summed E-state index contributed by atoms with van der Waals surface area (Å²) in [6, 6.07) is 6.09. The van der Waals surface area contributed by atoms with Gasteiger partial charge in [0.05, 0.1) is 5.69 Å². The van der Waals surface area contributed by atoms with Crippen molar-refractivity contribution in [2.24, 2.45) is 0 Å². The van der Waals surface area contributed by atoms with E-state index < -0.39 is 0 Å². The minimum atomic E-state index is 0.774. The highest BCUT2D eigenvalue weighted by molar-refractivity contribution is 5.62. The fourth-order valence-electron chi connectivity index (χ4n) is 1.32. The third-order valence-electron chi connectivity index (χ3n) is 1.90. The van der Waals surface area contributed by atoms with Crippen LogP contribution >= 0.6 is 0 Å². The molecule has 58 valence electrons. The number of anilines is 1. The van der Waals surface area contributed by atoms with E-state index in [1.54, 1.807) is 0 Å². The number of hydrogen-bond donors (Lipinski definition) is 1. The average molecular weight is 149 g/mol. The minimum absolute atomic E-state index is 0.774. The molecule has 0 radical (unpaired) electrons. The van der Waals surface area contributed by atoms with Crippen molar-refractivity contribution in [3.8, 4) is 5.75 Å². The number of nitrogens with one attached hydrogen (secondary N) is 1. The Hall–Kier alpha value is -1.18. The van der Waals surface area contributed by atoms with E-state index in [4.69, 9.17) is 4.74 Å². The highest BCUT2D eigenvalue weighted by Crippen LogP contribution is 2.29. The third-order valence-corrected chi connectivity index (χ3v) is 1.90. The van der Waals surface area contributed by atoms with E-state index in [1.165, 1.54) is 5.56 Å². The molecule has 1 heterocycles. The van der Waals surface area contributed by atoms with E-state index in [0.717, 1.165) is 24.6 Å². The molecule has 2 rings (SSSR count). The summed E-state index contributed by atoms with van der Waals surface area (Å²) in [5, 5.41) is 3.31. The molecule has 0 amide bonds. The summed E-state index contributed by atoms with van der Waals surface area (Å²) >= 11 is 0. The van der Waals surface area contributed by atoms with Crippen molar-refractivity contribution < 1.29 is 4.74 Å². The van der Waals surface area contributed by atoms with Crippen LogP contribution < -0.4 is 10.1 Å². The largest absolute Gasteiger partial charge is 0.490 e. The van der Waals surface area contributed by atoms with Gasteiger partial charge in [-0.2, -0.15) is 0 Å². The average Bonchev–Trinajstić information content (AvgIpc) is 2.06. The Labute approximate surface area is 66.2 Å². The molecule has 0 unspecified atom stereocenters. The molecule has 1 N–H and O–H groups in total. The summed E-state index contributed by atoms with van der Waals surface area (Å²) in [4.78, 5) is 0. The van der Waals surface area contributed by atoms with Gasteiger partial charge in [0.1, 0.15) is 12.4 Å². The lowest BCUT2D eigenvalue weighted by molar-refractivity contribution is 0.323. The van der Waals surface area contributed by atoms with Crippen LogP contribution in [0.3, 0.4) is 0 Å². The van der Waals surface area contributed by atoms with Gasteiger partial charge in [0.2, 0.25) is 0 Å². The lowest BCUT2D eigenvalue weighted by Crippen LogP contribution is -2.18. The van der Waals surface area contributed by atoms with Crippen molar-refractivity contribution in [2.45, 2.75) is 6.92 Å². The zero-order valence-electron chi connectivity index (χ0n) is 6.55. The van der Waals surface area contributed by atoms with Gasteiger partial charge in [-0.15, -0.1) is 0 Å². The Morgan fingerprint density at radius 3 is 3.18 bits per heavy atom. The molecule has 0 spiro atoms. The van der Waals surface area contributed by atoms with Crippen LogP contribution in [0.4, 0.5) is 5.69 Å². The van der Waals surface area contributed by atoms with Crippen molar-refractivity contribution in [3.63, 3.8) is 0 Å². The summed E-state index contributed by atoms with van der Waals surface area (Å²) in [5.41, 5.74) is 2.40. The number of rotatable bonds is 0. The maximum Gasteiger partial charge on any atom is 0.142 e. The van der Waals surface area contributed by atoms with Gasteiger partial charge in [0, 0.05) is 6.54 Å². The highest BCUT2D eigenvalue weighted by Gasteiger charge is 2.09. The molecule has 1 aromatic rings. The number of fused-ring (bicyclic) bond motifs is 1. The van der Waals surface area contributed by atoms with Gasteiger partial charge < -0.3 is 10.1 Å². The number of ether oxygens (including phenoxy) is 1. The molecule has 11 heavy (non-hydrogen) atoms. The van der Waals surface area contributed by atoms with E-state index in [9.17, 15) is 0 Å². The number of para-hydroxylation sites is 1. The molecule has 1 aliphatic heterocycles. The molecule has 2 heteroatoms. The van der Waals surface area contributed by atoms with Gasteiger partial charge in [0.25, 0.3) is 0 Å². The predicted octanol–water partition coefficient (Wildman–Crippen LogP) is 1.80. The first-order valence-electron chi connectivity index (χ1n) is 3.84. The van der Waals surface area contributed by atoms with Gasteiger partial charge >= 0.3 is 0 Å². The second kappa shape index (κ2) is 2.46. The topological polar surface area (TPSA) is 21.3 Å². The predicted molar refractivity (Wildman–Crippen MR) is 45.2 cm³/mol. The Kier molecular flexibility index (Phi) is 1.46. The maximum atomic E-state index is 5.44. The zero-order valence-corrected chi connectivity index (χ0v) is 6.55. The van der Waals surface area contributed by atoms with Gasteiger partial charge in [-0.1, -0.05) is 12.1 Å². The summed E-state index contributed by atoms with van der Waals surface area (Å²) < 4.78 is 5.44. The van der Waals surface area contributed by atoms with Crippen LogP contribution in [0.25, 0.3) is 0 Å². The zero-order chi connectivity index (χ0) is 7.68. The van der Waals surface area contributed by atoms with Gasteiger partial charge in [-0.3, -0.25) is 0 Å². The molecule has 0 saturated heterocycles. The van der Waals surface area contributed by atoms with E-state index in [0.29, 0.717) is 0 Å². The summed E-state index contributed by atoms with van der Waals surface area (Å²) in [6.45, 7) is 3.77. The standard InChI is InChI=1S/C9H11NO/c1-7-3-2-4-8-9(7)10-5-6-11-8/h2-4,10H,5-6H2,1H3. The fourth-order valence-corrected chi connectivity index (χ4v) is 1.32. The first-order valence-corrected chi connectivity index (χ1v) is 3.84. The molecule has 0 aromatic heterocycles. The van der Waals surface area contributed by atoms with Crippen LogP contribution in [0.2, 0.25) is 0 Å². The molecule has 0 fully saturated rings. The second-order valence-electron chi connectivity index (χ2n) is 2.72. The molecule has 0 bridgehead atoms. The van der Waals surface area contributed by atoms with E-state index in [1.807, 2.05) is 12.1 Å². The molecular weight excluding hydrogens is 138 g/mol. The monoisotopic (exact) mass is 149 g/mol. The van der Waals surface area contributed by atoms with Crippen molar-refractivity contribution in [2.75, 3.05) is 18.5 Å². The fraction of sp³-hybridized carbons (Fsp3) is 0.333. The molecule has 1 aromatic carbocycles. The van der Waals surface area contributed by atoms with E-state index in [2.05, 4.69) is 18.3 Å². The first kappa shape index (κ1) is 6.53. The summed E-state index contributed by atoms with van der Waals surface area (Å²) in [7, 11) is 0. The van der Waals surface area contributed by atoms with Crippen LogP contribution in [0.1, 0.15) is 5.56 Å². The third kappa shape index (κ3) is 1.04. The lowest BCUT2D eigenvalue weighted by Gasteiger charge is -2.20. The molecule has 2 nitrogen and oxygen atoms in total. The van der Waals surface area contributed by atoms with Gasteiger partial charge in [-0.25, -0.2) is 0 Å². The van der Waals surface area contributed by atoms with Crippen molar-refractivity contribution >= 4 is 5.69 Å². The van der Waals surface area contributed by atoms with Crippen molar-refractivity contribution in [3.05, 3.63) is 23.8 Å². The number of hydrogen-bond acceptors (Lipinski definition) is 2. The van der Waals surface area contributed by atoms with Crippen molar-refractivity contribution in [1.29, 1.82) is 0 Å². The van der Waals surface area contributed by atoms with Crippen molar-refractivity contribution in [1.82, 2.24) is 0 Å². The normalized spacial score (nSPS) is 14.6. The quantitative estimate of drug-likeness (QED) is 0.607. The molecule has 0 saturated carbocycles. The Bertz CT molecular complexity index is 270. The Morgan fingerprint density at radius 1 is 1.45 bits per heavy atom. The van der Waals surface area contributed by atoms with Crippen LogP contribution in [0.15, 0.2) is 18.2 Å². The highest BCUT2D eigenvalue weighted by atomic mass is 16.5. The van der Waals surface area contributed by atoms with Gasteiger partial charge in [0.15, 0.2) is 0 Å². The lowest BCUT2D eigenvalue weighted by atomic mass is 10.1. The van der Waals surface area contributed by atoms with E-state index >= 15 is 0 Å². The minimum Gasteiger partial charge on any atom is -0.490 e. The SMILES string of the molecule is Cc1cccc2c1NCCO2. The van der Waals surface area contributed by atoms with Crippen LogP contribution in [0, 0.1) is 6.92 Å². The smallest absolute Gasteiger partial charge is 0.142 e. The number of aryl methyl sites for hydroxylation is 1. The summed E-state index contributed by atoms with van der Waals surface area (Å²) in [6.07, 6.45) is 0. The molecule has 0 atom stereocenters. The Morgan fingerprint density at radius 2 is 2.36 bits per heavy atom. The molecule has 0 aliphatic carbocycles. The van der Waals surface area contributed by atoms with Crippen LogP contribution in [-0.2, 0) is 0 Å². The van der Waals surface area contributed by atoms with E-state index in [-0.39, 0.29) is 0 Å². The molecular formula is C9H11NO. The molecule has 1 aliphatic rings. The second-order valence-corrected chi connectivity index (χ2v) is 2.72. The first-order chi connectivity index (χ1) is 5.38.